The summed E-state index contributed by atoms with van der Waals surface area (Å²) in [6.07, 6.45) is 2.93. The molecule has 1 aromatic heterocycles. The Morgan fingerprint density at radius 2 is 2.38 bits per heavy atom. The zero-order valence-corrected chi connectivity index (χ0v) is 9.59. The van der Waals surface area contributed by atoms with Gasteiger partial charge in [0, 0.05) is 38.3 Å². The minimum absolute atomic E-state index is 0.551. The maximum absolute atomic E-state index is 5.75. The van der Waals surface area contributed by atoms with E-state index < -0.39 is 0 Å². The van der Waals surface area contributed by atoms with E-state index in [1.54, 1.807) is 0 Å². The topological polar surface area (TPSA) is 28.6 Å². The van der Waals surface area contributed by atoms with Crippen molar-refractivity contribution in [3.8, 4) is 5.75 Å². The quantitative estimate of drug-likeness (QED) is 0.650. The second-order valence-electron chi connectivity index (χ2n) is 4.57. The molecule has 0 bridgehead atoms. The van der Waals surface area contributed by atoms with Crippen LogP contribution in [0.2, 0.25) is 0 Å². The maximum atomic E-state index is 5.75. The standard InChI is InChI=1S/C12H17N3O/c1-14-6-7-15-10(9-14)4-8-16-11-3-2-5-13-12(11)15/h2-3,5,10H,4,6-9H2,1H3. The molecule has 0 radical (unpaired) electrons. The molecule has 1 fully saturated rings. The summed E-state index contributed by atoms with van der Waals surface area (Å²) in [6, 6.07) is 4.51. The normalized spacial score (nSPS) is 25.3. The Morgan fingerprint density at radius 1 is 1.44 bits per heavy atom. The van der Waals surface area contributed by atoms with Gasteiger partial charge in [-0.05, 0) is 19.2 Å². The number of anilines is 1. The number of hydrogen-bond donors (Lipinski definition) is 0. The molecule has 0 spiro atoms. The first-order valence-corrected chi connectivity index (χ1v) is 5.87. The highest BCUT2D eigenvalue weighted by molar-refractivity contribution is 5.54. The van der Waals surface area contributed by atoms with E-state index >= 15 is 0 Å². The summed E-state index contributed by atoms with van der Waals surface area (Å²) in [5.41, 5.74) is 0. The summed E-state index contributed by atoms with van der Waals surface area (Å²) in [7, 11) is 2.18. The van der Waals surface area contributed by atoms with Gasteiger partial charge in [-0.15, -0.1) is 0 Å². The lowest BCUT2D eigenvalue weighted by Crippen LogP contribution is -2.52. The molecule has 16 heavy (non-hydrogen) atoms. The maximum Gasteiger partial charge on any atom is 0.171 e. The predicted octanol–water partition coefficient (Wildman–Crippen LogP) is 0.984. The Balaban J connectivity index is 1.95. The van der Waals surface area contributed by atoms with E-state index in [2.05, 4.69) is 21.8 Å². The SMILES string of the molecule is CN1CCN2c3ncccc3OCCC2C1. The Kier molecular flexibility index (Phi) is 2.44. The van der Waals surface area contributed by atoms with Gasteiger partial charge in [-0.3, -0.25) is 0 Å². The van der Waals surface area contributed by atoms with Gasteiger partial charge in [-0.1, -0.05) is 0 Å². The van der Waals surface area contributed by atoms with E-state index in [0.717, 1.165) is 44.2 Å². The lowest BCUT2D eigenvalue weighted by Gasteiger charge is -2.39. The van der Waals surface area contributed by atoms with E-state index in [1.165, 1.54) is 0 Å². The lowest BCUT2D eigenvalue weighted by atomic mass is 10.1. The van der Waals surface area contributed by atoms with Gasteiger partial charge in [-0.2, -0.15) is 0 Å². The number of rotatable bonds is 0. The zero-order chi connectivity index (χ0) is 11.0. The van der Waals surface area contributed by atoms with Gasteiger partial charge in [0.1, 0.15) is 0 Å². The second-order valence-corrected chi connectivity index (χ2v) is 4.57. The average molecular weight is 219 g/mol. The molecule has 1 unspecified atom stereocenters. The first kappa shape index (κ1) is 9.90. The van der Waals surface area contributed by atoms with Crippen LogP contribution in [-0.2, 0) is 0 Å². The number of pyridine rings is 1. The van der Waals surface area contributed by atoms with Crippen LogP contribution in [0.4, 0.5) is 5.82 Å². The number of aromatic nitrogens is 1. The first-order chi connectivity index (χ1) is 7.84. The van der Waals surface area contributed by atoms with Crippen molar-refractivity contribution in [2.24, 2.45) is 0 Å². The van der Waals surface area contributed by atoms with Gasteiger partial charge >= 0.3 is 0 Å². The van der Waals surface area contributed by atoms with Gasteiger partial charge in [0.2, 0.25) is 0 Å². The third-order valence-corrected chi connectivity index (χ3v) is 3.42. The number of hydrogen-bond acceptors (Lipinski definition) is 4. The van der Waals surface area contributed by atoms with Crippen LogP contribution < -0.4 is 9.64 Å². The van der Waals surface area contributed by atoms with Crippen molar-refractivity contribution in [3.63, 3.8) is 0 Å². The van der Waals surface area contributed by atoms with E-state index in [-0.39, 0.29) is 0 Å². The molecule has 2 aliphatic rings. The highest BCUT2D eigenvalue weighted by Gasteiger charge is 2.30. The highest BCUT2D eigenvalue weighted by atomic mass is 16.5. The van der Waals surface area contributed by atoms with Crippen molar-refractivity contribution in [1.29, 1.82) is 0 Å². The minimum Gasteiger partial charge on any atom is -0.490 e. The number of nitrogens with zero attached hydrogens (tertiary/aromatic N) is 3. The molecule has 0 aliphatic carbocycles. The first-order valence-electron chi connectivity index (χ1n) is 5.87. The van der Waals surface area contributed by atoms with E-state index in [4.69, 9.17) is 4.74 Å². The second kappa shape index (κ2) is 3.94. The predicted molar refractivity (Wildman–Crippen MR) is 63.0 cm³/mol. The Labute approximate surface area is 95.8 Å². The average Bonchev–Trinajstić information content (AvgIpc) is 2.47. The highest BCUT2D eigenvalue weighted by Crippen LogP contribution is 2.31. The number of likely N-dealkylation sites (N-methyl/N-ethyl adjacent to an activating group) is 1. The van der Waals surface area contributed by atoms with Gasteiger partial charge in [0.25, 0.3) is 0 Å². The molecule has 1 saturated heterocycles. The summed E-state index contributed by atoms with van der Waals surface area (Å²) >= 11 is 0. The fourth-order valence-electron chi connectivity index (χ4n) is 2.55. The zero-order valence-electron chi connectivity index (χ0n) is 9.59. The molecule has 3 heterocycles. The van der Waals surface area contributed by atoms with Crippen molar-refractivity contribution in [3.05, 3.63) is 18.3 Å². The third kappa shape index (κ3) is 1.63. The van der Waals surface area contributed by atoms with Gasteiger partial charge in [-0.25, -0.2) is 4.98 Å². The van der Waals surface area contributed by atoms with Crippen molar-refractivity contribution in [2.75, 3.05) is 38.2 Å². The summed E-state index contributed by atoms with van der Waals surface area (Å²) in [4.78, 5) is 9.26. The van der Waals surface area contributed by atoms with Crippen LogP contribution in [-0.4, -0.2) is 49.2 Å². The van der Waals surface area contributed by atoms with Crippen LogP contribution in [0.1, 0.15) is 6.42 Å². The lowest BCUT2D eigenvalue weighted by molar-refractivity contribution is 0.242. The summed E-state index contributed by atoms with van der Waals surface area (Å²) in [5.74, 6) is 1.97. The summed E-state index contributed by atoms with van der Waals surface area (Å²) in [5, 5.41) is 0. The molecular formula is C12H17N3O. The largest absolute Gasteiger partial charge is 0.490 e. The van der Waals surface area contributed by atoms with Gasteiger partial charge < -0.3 is 14.5 Å². The van der Waals surface area contributed by atoms with Crippen LogP contribution in [0.25, 0.3) is 0 Å². The van der Waals surface area contributed by atoms with E-state index in [1.807, 2.05) is 18.3 Å². The van der Waals surface area contributed by atoms with E-state index in [9.17, 15) is 0 Å². The fourth-order valence-corrected chi connectivity index (χ4v) is 2.55. The Morgan fingerprint density at radius 3 is 3.31 bits per heavy atom. The Hall–Kier alpha value is -1.29. The van der Waals surface area contributed by atoms with E-state index in [0.29, 0.717) is 6.04 Å². The van der Waals surface area contributed by atoms with Gasteiger partial charge in [0.05, 0.1) is 6.61 Å². The summed E-state index contributed by atoms with van der Waals surface area (Å²) < 4.78 is 5.75. The molecule has 4 nitrogen and oxygen atoms in total. The van der Waals surface area contributed by atoms with Crippen molar-refractivity contribution in [1.82, 2.24) is 9.88 Å². The molecule has 1 aromatic rings. The van der Waals surface area contributed by atoms with Crippen LogP contribution in [0.5, 0.6) is 5.75 Å². The molecule has 0 aromatic carbocycles. The van der Waals surface area contributed by atoms with Crippen molar-refractivity contribution in [2.45, 2.75) is 12.5 Å². The molecule has 2 aliphatic heterocycles. The van der Waals surface area contributed by atoms with Crippen LogP contribution >= 0.6 is 0 Å². The van der Waals surface area contributed by atoms with Crippen molar-refractivity contribution < 1.29 is 4.74 Å². The Bertz CT molecular complexity index is 382. The minimum atomic E-state index is 0.551. The monoisotopic (exact) mass is 219 g/mol. The molecule has 3 rings (SSSR count). The molecule has 86 valence electrons. The molecule has 0 amide bonds. The number of piperazine rings is 1. The fraction of sp³-hybridized carbons (Fsp3) is 0.583. The number of fused-ring (bicyclic) bond motifs is 3. The van der Waals surface area contributed by atoms with Crippen LogP contribution in [0.15, 0.2) is 18.3 Å². The van der Waals surface area contributed by atoms with Gasteiger partial charge in [0.15, 0.2) is 11.6 Å². The molecule has 0 saturated carbocycles. The van der Waals surface area contributed by atoms with Crippen LogP contribution in [0, 0.1) is 0 Å². The molecular weight excluding hydrogens is 202 g/mol. The number of ether oxygens (including phenoxy) is 1. The van der Waals surface area contributed by atoms with Crippen LogP contribution in [0.3, 0.4) is 0 Å². The smallest absolute Gasteiger partial charge is 0.171 e. The molecule has 0 N–H and O–H groups in total. The molecule has 1 atom stereocenters. The third-order valence-electron chi connectivity index (χ3n) is 3.42. The summed E-state index contributed by atoms with van der Waals surface area (Å²) in [6.45, 7) is 4.06. The van der Waals surface area contributed by atoms with Crippen molar-refractivity contribution >= 4 is 5.82 Å². The molecule has 4 heteroatoms.